The second-order valence-corrected chi connectivity index (χ2v) is 3.77. The lowest BCUT2D eigenvalue weighted by molar-refractivity contribution is 0.176. The van der Waals surface area contributed by atoms with E-state index < -0.39 is 6.43 Å². The summed E-state index contributed by atoms with van der Waals surface area (Å²) in [5.74, 6) is -0.222. The first kappa shape index (κ1) is 9.45. The van der Waals surface area contributed by atoms with Crippen molar-refractivity contribution in [1.82, 2.24) is 9.97 Å². The molecule has 0 spiro atoms. The van der Waals surface area contributed by atoms with Crippen LogP contribution in [-0.4, -0.2) is 22.1 Å². The van der Waals surface area contributed by atoms with Crippen LogP contribution in [-0.2, 0) is 0 Å². The normalized spacial score (nSPS) is 11.4. The van der Waals surface area contributed by atoms with Crippen molar-refractivity contribution in [2.24, 2.45) is 0 Å². The summed E-state index contributed by atoms with van der Waals surface area (Å²) in [7, 11) is 0. The van der Waals surface area contributed by atoms with Crippen LogP contribution in [0.5, 0.6) is 0 Å². The Morgan fingerprint density at radius 3 is 2.86 bits per heavy atom. The molecule has 0 fully saturated rings. The highest BCUT2D eigenvalue weighted by Crippen LogP contribution is 2.20. The molecule has 0 saturated carbocycles. The van der Waals surface area contributed by atoms with Gasteiger partial charge in [0.25, 0.3) is 0 Å². The number of imidazole rings is 1. The van der Waals surface area contributed by atoms with Crippen molar-refractivity contribution in [1.29, 1.82) is 0 Å². The number of hydrogen-bond donors (Lipinski definition) is 1. The van der Waals surface area contributed by atoms with Gasteiger partial charge in [0.1, 0.15) is 0 Å². The number of hydrogen-bond acceptors (Lipinski definition) is 2. The molecule has 1 N–H and O–H groups in total. The molecule has 5 heteroatoms. The molecule has 1 aromatic heterocycles. The third kappa shape index (κ3) is 2.04. The Morgan fingerprint density at radius 2 is 2.14 bits per heavy atom. The number of aromatic nitrogens is 2. The maximum atomic E-state index is 11.9. The van der Waals surface area contributed by atoms with E-state index in [2.05, 4.69) is 9.97 Å². The minimum Gasteiger partial charge on any atom is -0.333 e. The molecule has 0 radical (unpaired) electrons. The standard InChI is InChI=1S/C9H8F2N2S/c10-8(11)5-14-9-12-6-3-1-2-4-7(6)13-9/h1-4,8H,5H2,(H,12,13). The van der Waals surface area contributed by atoms with Crippen LogP contribution in [0.1, 0.15) is 0 Å². The molecular weight excluding hydrogens is 206 g/mol. The highest BCUT2D eigenvalue weighted by molar-refractivity contribution is 7.99. The molecule has 0 atom stereocenters. The zero-order chi connectivity index (χ0) is 9.97. The number of benzene rings is 1. The van der Waals surface area contributed by atoms with Gasteiger partial charge < -0.3 is 4.98 Å². The van der Waals surface area contributed by atoms with Gasteiger partial charge in [0.2, 0.25) is 6.43 Å². The van der Waals surface area contributed by atoms with Crippen LogP contribution in [0.15, 0.2) is 29.4 Å². The second kappa shape index (κ2) is 3.96. The number of thioether (sulfide) groups is 1. The van der Waals surface area contributed by atoms with E-state index >= 15 is 0 Å². The first-order chi connectivity index (χ1) is 6.75. The van der Waals surface area contributed by atoms with E-state index in [1.807, 2.05) is 24.3 Å². The maximum Gasteiger partial charge on any atom is 0.248 e. The van der Waals surface area contributed by atoms with E-state index in [9.17, 15) is 8.78 Å². The molecule has 0 aliphatic carbocycles. The van der Waals surface area contributed by atoms with Gasteiger partial charge in [-0.3, -0.25) is 0 Å². The predicted molar refractivity (Wildman–Crippen MR) is 52.8 cm³/mol. The topological polar surface area (TPSA) is 28.7 Å². The largest absolute Gasteiger partial charge is 0.333 e. The summed E-state index contributed by atoms with van der Waals surface area (Å²) in [5.41, 5.74) is 1.69. The van der Waals surface area contributed by atoms with Gasteiger partial charge in [0, 0.05) is 0 Å². The molecule has 0 saturated heterocycles. The SMILES string of the molecule is FC(F)CSc1nc2ccccc2[nH]1. The molecule has 0 aliphatic heterocycles. The van der Waals surface area contributed by atoms with Crippen molar-refractivity contribution in [2.45, 2.75) is 11.6 Å². The van der Waals surface area contributed by atoms with E-state index in [1.165, 1.54) is 0 Å². The smallest absolute Gasteiger partial charge is 0.248 e. The van der Waals surface area contributed by atoms with E-state index in [4.69, 9.17) is 0 Å². The second-order valence-electron chi connectivity index (χ2n) is 2.76. The van der Waals surface area contributed by atoms with Crippen molar-refractivity contribution in [3.05, 3.63) is 24.3 Å². The molecule has 2 nitrogen and oxygen atoms in total. The average molecular weight is 214 g/mol. The number of nitrogens with one attached hydrogen (secondary N) is 1. The fourth-order valence-corrected chi connectivity index (χ4v) is 1.77. The van der Waals surface area contributed by atoms with Crippen molar-refractivity contribution in [2.75, 3.05) is 5.75 Å². The van der Waals surface area contributed by atoms with Gasteiger partial charge in [-0.2, -0.15) is 0 Å². The molecule has 0 amide bonds. The lowest BCUT2D eigenvalue weighted by Crippen LogP contribution is -1.93. The summed E-state index contributed by atoms with van der Waals surface area (Å²) in [4.78, 5) is 7.13. The summed E-state index contributed by atoms with van der Waals surface area (Å²) in [6, 6.07) is 7.46. The number of H-pyrrole nitrogens is 1. The van der Waals surface area contributed by atoms with Crippen molar-refractivity contribution in [3.8, 4) is 0 Å². The molecule has 74 valence electrons. The predicted octanol–water partition coefficient (Wildman–Crippen LogP) is 2.92. The minimum absolute atomic E-state index is 0.222. The summed E-state index contributed by atoms with van der Waals surface area (Å²) in [6.45, 7) is 0. The zero-order valence-electron chi connectivity index (χ0n) is 7.21. The summed E-state index contributed by atoms with van der Waals surface area (Å²) < 4.78 is 23.8. The lowest BCUT2D eigenvalue weighted by Gasteiger charge is -1.94. The van der Waals surface area contributed by atoms with Crippen LogP contribution in [0.25, 0.3) is 11.0 Å². The lowest BCUT2D eigenvalue weighted by atomic mass is 10.3. The van der Waals surface area contributed by atoms with Crippen LogP contribution in [0.3, 0.4) is 0 Å². The van der Waals surface area contributed by atoms with Gasteiger partial charge in [-0.15, -0.1) is 0 Å². The Labute approximate surface area is 83.7 Å². The Balaban J connectivity index is 2.19. The van der Waals surface area contributed by atoms with Crippen molar-refractivity contribution < 1.29 is 8.78 Å². The van der Waals surface area contributed by atoms with Crippen LogP contribution in [0.2, 0.25) is 0 Å². The number of nitrogens with zero attached hydrogens (tertiary/aromatic N) is 1. The zero-order valence-corrected chi connectivity index (χ0v) is 8.02. The summed E-state index contributed by atoms with van der Waals surface area (Å²) in [6.07, 6.45) is -2.30. The van der Waals surface area contributed by atoms with E-state index in [-0.39, 0.29) is 5.75 Å². The molecule has 1 heterocycles. The van der Waals surface area contributed by atoms with Crippen LogP contribution >= 0.6 is 11.8 Å². The van der Waals surface area contributed by atoms with Crippen LogP contribution < -0.4 is 0 Å². The first-order valence-electron chi connectivity index (χ1n) is 4.11. The van der Waals surface area contributed by atoms with Crippen LogP contribution in [0.4, 0.5) is 8.78 Å². The van der Waals surface area contributed by atoms with Crippen molar-refractivity contribution >= 4 is 22.8 Å². The number of rotatable bonds is 3. The van der Waals surface area contributed by atoms with E-state index in [0.29, 0.717) is 5.16 Å². The number of halogens is 2. The minimum atomic E-state index is -2.30. The third-order valence-corrected chi connectivity index (χ3v) is 2.60. The molecule has 0 unspecified atom stereocenters. The van der Waals surface area contributed by atoms with E-state index in [0.717, 1.165) is 22.8 Å². The molecule has 2 rings (SSSR count). The molecular formula is C9H8F2N2S. The summed E-state index contributed by atoms with van der Waals surface area (Å²) >= 11 is 1.04. The Bertz CT molecular complexity index is 394. The average Bonchev–Trinajstić information content (AvgIpc) is 2.57. The maximum absolute atomic E-state index is 11.9. The highest BCUT2D eigenvalue weighted by atomic mass is 32.2. The Hall–Kier alpha value is -1.10. The van der Waals surface area contributed by atoms with Gasteiger partial charge in [-0.1, -0.05) is 23.9 Å². The van der Waals surface area contributed by atoms with Crippen LogP contribution in [0, 0.1) is 0 Å². The summed E-state index contributed by atoms with van der Waals surface area (Å²) in [5, 5.41) is 0.548. The highest BCUT2D eigenvalue weighted by Gasteiger charge is 2.06. The number of para-hydroxylation sites is 2. The number of aromatic amines is 1. The van der Waals surface area contributed by atoms with Gasteiger partial charge in [-0.25, -0.2) is 13.8 Å². The fourth-order valence-electron chi connectivity index (χ4n) is 1.14. The molecule has 2 aromatic rings. The third-order valence-electron chi connectivity index (χ3n) is 1.71. The van der Waals surface area contributed by atoms with Crippen molar-refractivity contribution in [3.63, 3.8) is 0 Å². The van der Waals surface area contributed by atoms with Gasteiger partial charge in [0.05, 0.1) is 16.8 Å². The molecule has 14 heavy (non-hydrogen) atoms. The van der Waals surface area contributed by atoms with Gasteiger partial charge in [-0.05, 0) is 12.1 Å². The number of alkyl halides is 2. The molecule has 0 aliphatic rings. The molecule has 1 aromatic carbocycles. The quantitative estimate of drug-likeness (QED) is 0.796. The van der Waals surface area contributed by atoms with E-state index in [1.54, 1.807) is 0 Å². The monoisotopic (exact) mass is 214 g/mol. The Morgan fingerprint density at radius 1 is 1.36 bits per heavy atom. The number of fused-ring (bicyclic) bond motifs is 1. The molecule has 0 bridgehead atoms. The van der Waals surface area contributed by atoms with Gasteiger partial charge in [0.15, 0.2) is 5.16 Å². The Kier molecular flexibility index (Phi) is 2.67. The fraction of sp³-hybridized carbons (Fsp3) is 0.222. The first-order valence-corrected chi connectivity index (χ1v) is 5.10. The van der Waals surface area contributed by atoms with Gasteiger partial charge >= 0.3 is 0 Å².